The molecular formula is C11H14FO2. The van der Waals surface area contributed by atoms with Gasteiger partial charge in [-0.15, -0.1) is 0 Å². The molecule has 0 saturated heterocycles. The number of hydrogen-bond donors (Lipinski definition) is 1. The molecule has 0 spiro atoms. The Balaban J connectivity index is 2.43. The smallest absolute Gasteiger partial charge is 0.165 e. The normalized spacial score (nSPS) is 11.4. The molecule has 1 aromatic rings. The van der Waals surface area contributed by atoms with Crippen LogP contribution in [-0.2, 0) is 0 Å². The Morgan fingerprint density at radius 2 is 2.29 bits per heavy atom. The fourth-order valence-corrected chi connectivity index (χ4v) is 0.924. The third-order valence-corrected chi connectivity index (χ3v) is 1.75. The van der Waals surface area contributed by atoms with Crippen LogP contribution in [0.4, 0.5) is 4.39 Å². The van der Waals surface area contributed by atoms with Gasteiger partial charge in [0.15, 0.2) is 11.6 Å². The first-order chi connectivity index (χ1) is 6.49. The van der Waals surface area contributed by atoms with Gasteiger partial charge in [-0.1, -0.05) is 6.07 Å². The highest BCUT2D eigenvalue weighted by molar-refractivity contribution is 5.22. The monoisotopic (exact) mass is 197 g/mol. The van der Waals surface area contributed by atoms with Gasteiger partial charge in [-0.25, -0.2) is 4.39 Å². The minimum Gasteiger partial charge on any atom is -0.490 e. The number of benzene rings is 1. The summed E-state index contributed by atoms with van der Waals surface area (Å²) in [4.78, 5) is 0. The second-order valence-corrected chi connectivity index (χ2v) is 3.77. The first-order valence-corrected chi connectivity index (χ1v) is 4.50. The van der Waals surface area contributed by atoms with E-state index >= 15 is 0 Å². The number of aliphatic hydroxyl groups is 1. The van der Waals surface area contributed by atoms with Crippen LogP contribution in [0.3, 0.4) is 0 Å². The molecule has 0 aliphatic carbocycles. The molecule has 0 heterocycles. The Labute approximate surface area is 83.3 Å². The van der Waals surface area contributed by atoms with Gasteiger partial charge >= 0.3 is 0 Å². The third-order valence-electron chi connectivity index (χ3n) is 1.75. The highest BCUT2D eigenvalue weighted by Gasteiger charge is 2.12. The Morgan fingerprint density at radius 1 is 1.57 bits per heavy atom. The fraction of sp³-hybridized carbons (Fsp3) is 0.455. The standard InChI is InChI=1S/C11H14FO2/c1-11(2,13)7-8-14-10-6-4-3-5-9(10)12/h4-6,13H,7-8H2,1-2H3. The van der Waals surface area contributed by atoms with Crippen molar-refractivity contribution in [2.75, 3.05) is 6.61 Å². The number of ether oxygens (including phenoxy) is 1. The number of hydrogen-bond acceptors (Lipinski definition) is 2. The van der Waals surface area contributed by atoms with Crippen molar-refractivity contribution in [2.24, 2.45) is 0 Å². The predicted octanol–water partition coefficient (Wildman–Crippen LogP) is 2.17. The fourth-order valence-electron chi connectivity index (χ4n) is 0.924. The van der Waals surface area contributed by atoms with E-state index in [1.807, 2.05) is 0 Å². The zero-order valence-electron chi connectivity index (χ0n) is 8.38. The molecule has 77 valence electrons. The molecule has 2 nitrogen and oxygen atoms in total. The van der Waals surface area contributed by atoms with Crippen molar-refractivity contribution < 1.29 is 14.2 Å². The lowest BCUT2D eigenvalue weighted by atomic mass is 10.1. The van der Waals surface area contributed by atoms with E-state index in [-0.39, 0.29) is 5.75 Å². The summed E-state index contributed by atoms with van der Waals surface area (Å²) in [6.45, 7) is 3.67. The Hall–Kier alpha value is -1.09. The molecule has 1 aromatic carbocycles. The van der Waals surface area contributed by atoms with Crippen LogP contribution in [0.2, 0.25) is 0 Å². The molecule has 0 saturated carbocycles. The van der Waals surface area contributed by atoms with Crippen molar-refractivity contribution in [3.8, 4) is 5.75 Å². The second kappa shape index (κ2) is 4.42. The molecule has 1 rings (SSSR count). The zero-order chi connectivity index (χ0) is 10.6. The van der Waals surface area contributed by atoms with E-state index < -0.39 is 11.4 Å². The Bertz CT molecular complexity index is 292. The van der Waals surface area contributed by atoms with E-state index in [1.165, 1.54) is 12.1 Å². The largest absolute Gasteiger partial charge is 0.490 e. The number of halogens is 1. The summed E-state index contributed by atoms with van der Waals surface area (Å²) in [5, 5.41) is 9.39. The van der Waals surface area contributed by atoms with Crippen LogP contribution in [0.5, 0.6) is 5.75 Å². The van der Waals surface area contributed by atoms with E-state index in [1.54, 1.807) is 19.9 Å². The van der Waals surface area contributed by atoms with Crippen LogP contribution < -0.4 is 4.74 Å². The first-order valence-electron chi connectivity index (χ1n) is 4.50. The van der Waals surface area contributed by atoms with Crippen LogP contribution in [0.15, 0.2) is 18.2 Å². The van der Waals surface area contributed by atoms with Crippen molar-refractivity contribution in [3.05, 3.63) is 30.1 Å². The lowest BCUT2D eigenvalue weighted by Crippen LogP contribution is -2.21. The average molecular weight is 197 g/mol. The van der Waals surface area contributed by atoms with Gasteiger partial charge in [-0.2, -0.15) is 0 Å². The van der Waals surface area contributed by atoms with Gasteiger partial charge in [0, 0.05) is 6.42 Å². The van der Waals surface area contributed by atoms with Gasteiger partial charge in [0.25, 0.3) is 0 Å². The summed E-state index contributed by atoms with van der Waals surface area (Å²) in [5.41, 5.74) is -0.780. The second-order valence-electron chi connectivity index (χ2n) is 3.77. The maximum absolute atomic E-state index is 13.0. The van der Waals surface area contributed by atoms with Crippen LogP contribution in [-0.4, -0.2) is 17.3 Å². The van der Waals surface area contributed by atoms with E-state index in [2.05, 4.69) is 6.07 Å². The van der Waals surface area contributed by atoms with Gasteiger partial charge < -0.3 is 9.84 Å². The summed E-state index contributed by atoms with van der Waals surface area (Å²) >= 11 is 0. The maximum atomic E-state index is 13.0. The zero-order valence-corrected chi connectivity index (χ0v) is 8.38. The maximum Gasteiger partial charge on any atom is 0.165 e. The molecule has 0 amide bonds. The Kier molecular flexibility index (Phi) is 3.47. The molecule has 3 heteroatoms. The summed E-state index contributed by atoms with van der Waals surface area (Å²) in [6.07, 6.45) is 0.463. The molecule has 0 aliphatic rings. The average Bonchev–Trinajstić information content (AvgIpc) is 2.06. The summed E-state index contributed by atoms with van der Waals surface area (Å²) in [5.74, 6) is -0.226. The van der Waals surface area contributed by atoms with Crippen LogP contribution in [0.25, 0.3) is 0 Å². The van der Waals surface area contributed by atoms with Gasteiger partial charge in [-0.05, 0) is 32.0 Å². The van der Waals surface area contributed by atoms with Crippen molar-refractivity contribution in [1.82, 2.24) is 0 Å². The van der Waals surface area contributed by atoms with Crippen molar-refractivity contribution >= 4 is 0 Å². The Morgan fingerprint density at radius 3 is 2.86 bits per heavy atom. The molecule has 0 atom stereocenters. The molecule has 1 N–H and O–H groups in total. The van der Waals surface area contributed by atoms with Gasteiger partial charge in [0.1, 0.15) is 0 Å². The quantitative estimate of drug-likeness (QED) is 0.801. The van der Waals surface area contributed by atoms with Crippen LogP contribution >= 0.6 is 0 Å². The van der Waals surface area contributed by atoms with E-state index in [0.717, 1.165) is 0 Å². The minimum atomic E-state index is -0.780. The molecule has 0 aromatic heterocycles. The van der Waals surface area contributed by atoms with Gasteiger partial charge in [0.05, 0.1) is 12.2 Å². The highest BCUT2D eigenvalue weighted by Crippen LogP contribution is 2.16. The van der Waals surface area contributed by atoms with Crippen LogP contribution in [0.1, 0.15) is 20.3 Å². The van der Waals surface area contributed by atoms with E-state index in [4.69, 9.17) is 4.74 Å². The van der Waals surface area contributed by atoms with Gasteiger partial charge in [0.2, 0.25) is 0 Å². The van der Waals surface area contributed by atoms with Crippen molar-refractivity contribution in [3.63, 3.8) is 0 Å². The van der Waals surface area contributed by atoms with Gasteiger partial charge in [-0.3, -0.25) is 0 Å². The summed E-state index contributed by atoms with van der Waals surface area (Å²) in [7, 11) is 0. The number of rotatable bonds is 4. The molecule has 0 aliphatic heterocycles. The molecule has 0 unspecified atom stereocenters. The molecule has 1 radical (unpaired) electrons. The van der Waals surface area contributed by atoms with E-state index in [0.29, 0.717) is 13.0 Å². The lowest BCUT2D eigenvalue weighted by molar-refractivity contribution is 0.0547. The van der Waals surface area contributed by atoms with Crippen molar-refractivity contribution in [1.29, 1.82) is 0 Å². The minimum absolute atomic E-state index is 0.202. The predicted molar refractivity (Wildman–Crippen MR) is 51.6 cm³/mol. The molecular weight excluding hydrogens is 183 g/mol. The lowest BCUT2D eigenvalue weighted by Gasteiger charge is -2.17. The van der Waals surface area contributed by atoms with Crippen molar-refractivity contribution in [2.45, 2.75) is 25.9 Å². The first kappa shape index (κ1) is 11.0. The SMILES string of the molecule is CC(C)(O)CCOc1cc[c]cc1F. The molecule has 14 heavy (non-hydrogen) atoms. The highest BCUT2D eigenvalue weighted by atomic mass is 19.1. The topological polar surface area (TPSA) is 29.5 Å². The van der Waals surface area contributed by atoms with Crippen LogP contribution in [0, 0.1) is 11.9 Å². The summed E-state index contributed by atoms with van der Waals surface area (Å²) < 4.78 is 18.1. The summed E-state index contributed by atoms with van der Waals surface area (Å²) in [6, 6.07) is 6.92. The van der Waals surface area contributed by atoms with E-state index in [9.17, 15) is 9.50 Å². The third kappa shape index (κ3) is 3.75. The molecule has 0 fully saturated rings. The molecule has 0 bridgehead atoms.